The Bertz CT molecular complexity index is 1250. The third-order valence-corrected chi connectivity index (χ3v) is 12.4. The minimum Gasteiger partial charge on any atom is -0.449 e. The first kappa shape index (κ1) is 25.9. The number of carbonyl (C=O) groups excluding carboxylic acids is 2. The number of thioether (sulfide) groups is 1. The number of hydrogen-bond donors (Lipinski definition) is 1. The molecule has 10 heteroatoms. The smallest absolute Gasteiger partial charge is 0.409 e. The van der Waals surface area contributed by atoms with Crippen molar-refractivity contribution in [2.75, 3.05) is 25.4 Å². The van der Waals surface area contributed by atoms with E-state index in [1.54, 1.807) is 28.4 Å². The van der Waals surface area contributed by atoms with Gasteiger partial charge in [-0.2, -0.15) is 0 Å². The topological polar surface area (TPSA) is 83.9 Å². The van der Waals surface area contributed by atoms with Crippen molar-refractivity contribution in [2.45, 2.75) is 31.6 Å². The van der Waals surface area contributed by atoms with Crippen LogP contribution in [0.1, 0.15) is 21.7 Å². The van der Waals surface area contributed by atoms with Gasteiger partial charge in [0.1, 0.15) is 13.6 Å². The summed E-state index contributed by atoms with van der Waals surface area (Å²) in [6.07, 6.45) is 10.7. The van der Waals surface area contributed by atoms with Crippen molar-refractivity contribution in [3.8, 4) is 0 Å². The molecule has 7 nitrogen and oxygen atoms in total. The number of rotatable bonds is 5. The Labute approximate surface area is 227 Å². The van der Waals surface area contributed by atoms with Gasteiger partial charge in [-0.25, -0.2) is 9.79 Å². The van der Waals surface area contributed by atoms with Crippen LogP contribution < -0.4 is 9.95 Å². The Morgan fingerprint density at radius 2 is 2.03 bits per heavy atom. The average Bonchev–Trinajstić information content (AvgIpc) is 3.55. The van der Waals surface area contributed by atoms with Crippen LogP contribution >= 0.6 is 23.1 Å². The van der Waals surface area contributed by atoms with Crippen molar-refractivity contribution >= 4 is 53.0 Å². The van der Waals surface area contributed by atoms with Crippen LogP contribution in [-0.4, -0.2) is 60.6 Å². The number of amides is 2. The van der Waals surface area contributed by atoms with E-state index in [1.165, 1.54) is 11.8 Å². The van der Waals surface area contributed by atoms with E-state index in [1.807, 2.05) is 36.5 Å². The van der Waals surface area contributed by atoms with Crippen LogP contribution in [0, 0.1) is 11.8 Å². The van der Waals surface area contributed by atoms with Gasteiger partial charge < -0.3 is 15.0 Å². The minimum atomic E-state index is -1.61. The van der Waals surface area contributed by atoms with Gasteiger partial charge in [-0.3, -0.25) is 9.78 Å². The number of aromatic nitrogens is 1. The van der Waals surface area contributed by atoms with E-state index >= 15 is 0 Å². The highest BCUT2D eigenvalue weighted by molar-refractivity contribution is 8.13. The second-order valence-electron chi connectivity index (χ2n) is 10.7. The summed E-state index contributed by atoms with van der Waals surface area (Å²) in [4.78, 5) is 38.8. The highest BCUT2D eigenvalue weighted by atomic mass is 32.2. The average molecular weight is 553 g/mol. The molecule has 5 rings (SSSR count). The lowest BCUT2D eigenvalue weighted by Gasteiger charge is -2.33. The second-order valence-corrected chi connectivity index (χ2v) is 18.1. The fraction of sp³-hybridized carbons (Fsp3) is 0.407. The summed E-state index contributed by atoms with van der Waals surface area (Å²) in [5, 5.41) is 3.60. The van der Waals surface area contributed by atoms with E-state index < -0.39 is 13.6 Å². The molecule has 1 saturated heterocycles. The molecule has 1 aromatic carbocycles. The predicted molar refractivity (Wildman–Crippen MR) is 153 cm³/mol. The van der Waals surface area contributed by atoms with Crippen LogP contribution in [0.15, 0.2) is 65.8 Å². The maximum atomic E-state index is 13.1. The van der Waals surface area contributed by atoms with Gasteiger partial charge in [0, 0.05) is 35.9 Å². The van der Waals surface area contributed by atoms with Crippen molar-refractivity contribution < 1.29 is 14.3 Å². The van der Waals surface area contributed by atoms with Crippen LogP contribution in [0.5, 0.6) is 0 Å². The van der Waals surface area contributed by atoms with Gasteiger partial charge in [0.2, 0.25) is 0 Å². The molecule has 0 radical (unpaired) electrons. The van der Waals surface area contributed by atoms with E-state index in [0.717, 1.165) is 21.7 Å². The lowest BCUT2D eigenvalue weighted by atomic mass is 9.87. The maximum absolute atomic E-state index is 13.1. The first-order valence-corrected chi connectivity index (χ1v) is 17.9. The van der Waals surface area contributed by atoms with Crippen LogP contribution in [0.3, 0.4) is 0 Å². The summed E-state index contributed by atoms with van der Waals surface area (Å²) in [6.45, 7) is 8.19. The molecule has 3 unspecified atom stereocenters. The molecule has 3 atom stereocenters. The van der Waals surface area contributed by atoms with Crippen LogP contribution in [0.2, 0.25) is 19.6 Å². The van der Waals surface area contributed by atoms with Gasteiger partial charge in [-0.15, -0.1) is 11.3 Å². The normalized spacial score (nSPS) is 24.9. The number of benzene rings is 1. The molecule has 1 aromatic heterocycles. The molecule has 0 bridgehead atoms. The van der Waals surface area contributed by atoms with Crippen molar-refractivity contribution in [3.63, 3.8) is 0 Å². The molecule has 2 amide bonds. The van der Waals surface area contributed by atoms with Gasteiger partial charge >= 0.3 is 6.09 Å². The lowest BCUT2D eigenvalue weighted by molar-refractivity contribution is 0.0971. The fourth-order valence-electron chi connectivity index (χ4n) is 4.75. The molecule has 3 aliphatic rings. The third kappa shape index (κ3) is 5.61. The van der Waals surface area contributed by atoms with E-state index in [9.17, 15) is 9.59 Å². The molecule has 194 valence electrons. The highest BCUT2D eigenvalue weighted by Gasteiger charge is 2.53. The lowest BCUT2D eigenvalue weighted by Crippen LogP contribution is -2.42. The molecule has 0 saturated carbocycles. The van der Waals surface area contributed by atoms with Gasteiger partial charge in [0.15, 0.2) is 5.17 Å². The summed E-state index contributed by atoms with van der Waals surface area (Å²) in [5.41, 5.74) is -0.0592. The van der Waals surface area contributed by atoms with Gasteiger partial charge in [-0.05, 0) is 18.6 Å². The molecular formula is C27H32N4O3S2Si. The summed E-state index contributed by atoms with van der Waals surface area (Å²) >= 11 is 3.24. The summed E-state index contributed by atoms with van der Waals surface area (Å²) < 4.78 is 6.90. The molecule has 2 aliphatic heterocycles. The zero-order chi connectivity index (χ0) is 26.0. The number of thiazole rings is 1. The molecule has 3 heterocycles. The van der Waals surface area contributed by atoms with Crippen LogP contribution in [0.25, 0.3) is 0 Å². The fourth-order valence-corrected chi connectivity index (χ4v) is 8.77. The number of nitrogens with zero attached hydrogens (tertiary/aromatic N) is 3. The predicted octanol–water partition coefficient (Wildman–Crippen LogP) is 4.62. The number of fused-ring (bicyclic) bond motifs is 1. The minimum absolute atomic E-state index is 0.106. The molecule has 1 aliphatic carbocycles. The molecule has 37 heavy (non-hydrogen) atoms. The zero-order valence-electron chi connectivity index (χ0n) is 21.3. The van der Waals surface area contributed by atoms with Crippen LogP contribution in [-0.2, 0) is 10.3 Å². The molecule has 1 fully saturated rings. The number of carbonyl (C=O) groups is 2. The number of amidine groups is 1. The first-order chi connectivity index (χ1) is 17.7. The first-order valence-electron chi connectivity index (χ1n) is 12.6. The number of likely N-dealkylation sites (tertiary alicyclic amines) is 1. The van der Waals surface area contributed by atoms with E-state index in [-0.39, 0.29) is 23.8 Å². The van der Waals surface area contributed by atoms with Gasteiger partial charge in [0.25, 0.3) is 5.91 Å². The second kappa shape index (κ2) is 10.6. The van der Waals surface area contributed by atoms with Crippen molar-refractivity contribution in [2.24, 2.45) is 16.8 Å². The standard InChI is InChI=1S/C27H32N4O3S2Si/c1-37(2,3)25-28-14-22(36-25)27-18-31(26(33)34-16-19-10-6-4-7-11-19)15-21(27)17-35-24(30-27)29-23(32)20-12-8-5-9-13-20/h4-10,12-14,19,21H,11,15-18H2,1-3H3,(H,29,30,32). The Kier molecular flexibility index (Phi) is 7.42. The molecule has 0 spiro atoms. The SMILES string of the molecule is C[Si](C)(C)c1ncc(C23CN(C(=O)OCC4C=CC=CC4)CC2CSC(NC(=O)c2ccccc2)=N3)s1. The van der Waals surface area contributed by atoms with Crippen LogP contribution in [0.4, 0.5) is 4.79 Å². The number of hydrogen-bond acceptors (Lipinski definition) is 7. The van der Waals surface area contributed by atoms with E-state index in [4.69, 9.17) is 14.7 Å². The number of ether oxygens (including phenoxy) is 1. The number of aliphatic imine (C=N–C) groups is 1. The zero-order valence-corrected chi connectivity index (χ0v) is 24.0. The summed E-state index contributed by atoms with van der Waals surface area (Å²) in [5.74, 6) is 0.877. The van der Waals surface area contributed by atoms with E-state index in [0.29, 0.717) is 30.4 Å². The summed E-state index contributed by atoms with van der Waals surface area (Å²) in [6, 6.07) is 9.15. The van der Waals surface area contributed by atoms with Gasteiger partial charge in [-0.1, -0.05) is 73.9 Å². The van der Waals surface area contributed by atoms with Crippen molar-refractivity contribution in [1.29, 1.82) is 0 Å². The Hall–Kier alpha value is -2.69. The maximum Gasteiger partial charge on any atom is 0.409 e. The molecule has 2 aromatic rings. The Morgan fingerprint density at radius 3 is 2.73 bits per heavy atom. The van der Waals surface area contributed by atoms with E-state index in [2.05, 4.69) is 37.1 Å². The quantitative estimate of drug-likeness (QED) is 0.548. The largest absolute Gasteiger partial charge is 0.449 e. The third-order valence-electron chi connectivity index (χ3n) is 6.85. The van der Waals surface area contributed by atoms with Gasteiger partial charge in [0.05, 0.1) is 22.7 Å². The Morgan fingerprint density at radius 1 is 1.22 bits per heavy atom. The summed E-state index contributed by atoms with van der Waals surface area (Å²) in [7, 11) is -1.61. The number of allylic oxidation sites excluding steroid dienone is 3. The highest BCUT2D eigenvalue weighted by Crippen LogP contribution is 2.47. The Balaban J connectivity index is 1.40. The molecular weight excluding hydrogens is 521 g/mol. The monoisotopic (exact) mass is 552 g/mol. The number of nitrogens with one attached hydrogen (secondary N) is 1. The molecule has 1 N–H and O–H groups in total. The van der Waals surface area contributed by atoms with Crippen molar-refractivity contribution in [1.82, 2.24) is 15.2 Å². The van der Waals surface area contributed by atoms with Crippen molar-refractivity contribution in [3.05, 3.63) is 71.3 Å².